The second-order valence-corrected chi connectivity index (χ2v) is 9.53. The van der Waals surface area contributed by atoms with Crippen LogP contribution in [0.1, 0.15) is 57.4 Å². The molecule has 170 valence electrons. The van der Waals surface area contributed by atoms with Crippen LogP contribution < -0.4 is 10.1 Å². The molecule has 4 rings (SSSR count). The van der Waals surface area contributed by atoms with E-state index in [1.54, 1.807) is 6.92 Å². The highest BCUT2D eigenvalue weighted by Crippen LogP contribution is 2.41. The van der Waals surface area contributed by atoms with E-state index in [1.807, 2.05) is 6.07 Å². The van der Waals surface area contributed by atoms with Crippen LogP contribution in [0.2, 0.25) is 0 Å². The average Bonchev–Trinajstić information content (AvgIpc) is 3.24. The number of carbonyl (C=O) groups is 2. The van der Waals surface area contributed by atoms with Gasteiger partial charge in [0.25, 0.3) is 0 Å². The number of nitrogens with one attached hydrogen (secondary N) is 1. The van der Waals surface area contributed by atoms with Gasteiger partial charge in [-0.2, -0.15) is 0 Å². The summed E-state index contributed by atoms with van der Waals surface area (Å²) < 4.78 is 6.24. The molecule has 1 atom stereocenters. The van der Waals surface area contributed by atoms with Crippen molar-refractivity contribution in [1.82, 2.24) is 15.1 Å². The van der Waals surface area contributed by atoms with E-state index in [4.69, 9.17) is 4.74 Å². The lowest BCUT2D eigenvalue weighted by atomic mass is 9.73. The van der Waals surface area contributed by atoms with Crippen LogP contribution in [-0.4, -0.2) is 67.0 Å². The van der Waals surface area contributed by atoms with Crippen molar-refractivity contribution in [2.24, 2.45) is 5.41 Å². The molecule has 1 aromatic carbocycles. The van der Waals surface area contributed by atoms with Gasteiger partial charge in [0.2, 0.25) is 11.8 Å². The first-order valence-electron chi connectivity index (χ1n) is 12.1. The summed E-state index contributed by atoms with van der Waals surface area (Å²) in [6.45, 7) is 6.43. The number of fused-ring (bicyclic) bond motifs is 2. The number of ether oxygens (including phenoxy) is 1. The summed E-state index contributed by atoms with van der Waals surface area (Å²) in [5.74, 6) is 1.38. The minimum Gasteiger partial charge on any atom is -0.491 e. The van der Waals surface area contributed by atoms with Gasteiger partial charge in [-0.1, -0.05) is 24.6 Å². The van der Waals surface area contributed by atoms with Gasteiger partial charge in [0.05, 0.1) is 11.5 Å². The van der Waals surface area contributed by atoms with Crippen LogP contribution in [0.4, 0.5) is 0 Å². The fourth-order valence-corrected chi connectivity index (χ4v) is 5.56. The molecule has 2 fully saturated rings. The van der Waals surface area contributed by atoms with Gasteiger partial charge in [-0.15, -0.1) is 0 Å². The second kappa shape index (κ2) is 10.0. The zero-order valence-corrected chi connectivity index (χ0v) is 18.9. The number of hydrogen-bond donors (Lipinski definition) is 1. The Kier molecular flexibility index (Phi) is 7.16. The third-order valence-corrected chi connectivity index (χ3v) is 7.46. The number of piperidine rings is 1. The molecular weight excluding hydrogens is 390 g/mol. The normalized spacial score (nSPS) is 24.5. The van der Waals surface area contributed by atoms with Gasteiger partial charge in [-0.3, -0.25) is 9.59 Å². The van der Waals surface area contributed by atoms with Gasteiger partial charge in [0, 0.05) is 26.6 Å². The maximum Gasteiger partial charge on any atom is 0.229 e. The Bertz CT molecular complexity index is 773. The van der Waals surface area contributed by atoms with Crippen molar-refractivity contribution in [3.05, 3.63) is 29.8 Å². The van der Waals surface area contributed by atoms with Crippen LogP contribution in [-0.2, 0) is 16.0 Å². The number of benzene rings is 1. The van der Waals surface area contributed by atoms with Gasteiger partial charge < -0.3 is 19.9 Å². The third-order valence-electron chi connectivity index (χ3n) is 7.46. The Morgan fingerprint density at radius 2 is 1.94 bits per heavy atom. The Morgan fingerprint density at radius 3 is 2.74 bits per heavy atom. The van der Waals surface area contributed by atoms with Gasteiger partial charge in [0.1, 0.15) is 12.4 Å². The molecule has 2 amide bonds. The number of hydrogen-bond acceptors (Lipinski definition) is 4. The molecule has 3 aliphatic rings. The third kappa shape index (κ3) is 5.22. The van der Waals surface area contributed by atoms with Crippen LogP contribution in [0, 0.1) is 5.41 Å². The molecule has 0 aromatic heterocycles. The van der Waals surface area contributed by atoms with Crippen molar-refractivity contribution in [2.75, 3.05) is 39.3 Å². The first-order valence-corrected chi connectivity index (χ1v) is 12.1. The molecule has 0 unspecified atom stereocenters. The van der Waals surface area contributed by atoms with Crippen molar-refractivity contribution >= 4 is 11.8 Å². The fourth-order valence-electron chi connectivity index (χ4n) is 5.56. The summed E-state index contributed by atoms with van der Waals surface area (Å²) in [6.07, 6.45) is 8.11. The molecule has 0 aliphatic carbocycles. The molecule has 1 spiro atoms. The zero-order chi connectivity index (χ0) is 21.7. The molecule has 6 heteroatoms. The van der Waals surface area contributed by atoms with Gasteiger partial charge >= 0.3 is 0 Å². The van der Waals surface area contributed by atoms with Crippen molar-refractivity contribution in [3.63, 3.8) is 0 Å². The molecule has 1 aromatic rings. The molecule has 31 heavy (non-hydrogen) atoms. The molecule has 1 N–H and O–H groups in total. The van der Waals surface area contributed by atoms with E-state index in [0.717, 1.165) is 83.3 Å². The topological polar surface area (TPSA) is 61.9 Å². The number of aryl methyl sites for hydroxylation is 1. The monoisotopic (exact) mass is 427 g/mol. The van der Waals surface area contributed by atoms with E-state index in [0.29, 0.717) is 19.1 Å². The standard InChI is InChI=1S/C25H37N3O3/c1-20(29)26-14-18-27-16-12-25(13-17-27)11-5-4-8-21-7-2-3-10-23(21)31-19-22-9-6-15-28(22)24(25)30/h2-3,7,10,22H,4-6,8-9,11-19H2,1H3,(H,26,29)/t22-/m1/s1. The van der Waals surface area contributed by atoms with Crippen LogP contribution in [0.25, 0.3) is 0 Å². The molecule has 0 saturated carbocycles. The lowest BCUT2D eigenvalue weighted by Crippen LogP contribution is -2.53. The number of carbonyl (C=O) groups excluding carboxylic acids is 2. The van der Waals surface area contributed by atoms with Crippen molar-refractivity contribution in [3.8, 4) is 5.75 Å². The summed E-state index contributed by atoms with van der Waals surface area (Å²) >= 11 is 0. The van der Waals surface area contributed by atoms with E-state index < -0.39 is 0 Å². The molecule has 3 heterocycles. The highest BCUT2D eigenvalue weighted by molar-refractivity contribution is 5.83. The SMILES string of the molecule is CC(=O)NCCN1CCC2(CCCCc3ccccc3OC[C@H]3CCCN3C2=O)CC1. The Morgan fingerprint density at radius 1 is 1.13 bits per heavy atom. The highest BCUT2D eigenvalue weighted by atomic mass is 16.5. The van der Waals surface area contributed by atoms with Crippen LogP contribution in [0.15, 0.2) is 24.3 Å². The number of rotatable bonds is 3. The fraction of sp³-hybridized carbons (Fsp3) is 0.680. The van der Waals surface area contributed by atoms with E-state index >= 15 is 0 Å². The van der Waals surface area contributed by atoms with Gasteiger partial charge in [-0.25, -0.2) is 0 Å². The molecule has 2 saturated heterocycles. The largest absolute Gasteiger partial charge is 0.491 e. The first-order chi connectivity index (χ1) is 15.1. The molecule has 0 radical (unpaired) electrons. The van der Waals surface area contributed by atoms with Crippen LogP contribution in [0.3, 0.4) is 0 Å². The van der Waals surface area contributed by atoms with Crippen molar-refractivity contribution in [1.29, 1.82) is 0 Å². The Balaban J connectivity index is 1.46. The summed E-state index contributed by atoms with van der Waals surface area (Å²) in [6, 6.07) is 8.58. The summed E-state index contributed by atoms with van der Waals surface area (Å²) in [5, 5.41) is 2.89. The van der Waals surface area contributed by atoms with Crippen LogP contribution in [0.5, 0.6) is 5.75 Å². The number of amides is 2. The minimum atomic E-state index is -0.230. The number of para-hydroxylation sites is 1. The minimum absolute atomic E-state index is 0.0202. The van der Waals surface area contributed by atoms with E-state index in [2.05, 4.69) is 33.3 Å². The highest BCUT2D eigenvalue weighted by Gasteiger charge is 2.45. The van der Waals surface area contributed by atoms with Crippen molar-refractivity contribution in [2.45, 2.75) is 64.3 Å². The van der Waals surface area contributed by atoms with E-state index in [9.17, 15) is 9.59 Å². The lowest BCUT2D eigenvalue weighted by Gasteiger charge is -2.44. The Labute approximate surface area is 186 Å². The maximum atomic E-state index is 13.9. The number of likely N-dealkylation sites (tertiary alicyclic amines) is 1. The van der Waals surface area contributed by atoms with Gasteiger partial charge in [0.15, 0.2) is 0 Å². The zero-order valence-electron chi connectivity index (χ0n) is 18.9. The smallest absolute Gasteiger partial charge is 0.229 e. The van der Waals surface area contributed by atoms with E-state index in [-0.39, 0.29) is 17.4 Å². The summed E-state index contributed by atoms with van der Waals surface area (Å²) in [5.41, 5.74) is 1.06. The maximum absolute atomic E-state index is 13.9. The first kappa shape index (κ1) is 22.1. The molecular formula is C25H37N3O3. The Hall–Kier alpha value is -2.08. The quantitative estimate of drug-likeness (QED) is 0.806. The predicted molar refractivity (Wildman–Crippen MR) is 121 cm³/mol. The van der Waals surface area contributed by atoms with Crippen molar-refractivity contribution < 1.29 is 14.3 Å². The van der Waals surface area contributed by atoms with Crippen LogP contribution >= 0.6 is 0 Å². The molecule has 6 nitrogen and oxygen atoms in total. The lowest BCUT2D eigenvalue weighted by molar-refractivity contribution is -0.147. The second-order valence-electron chi connectivity index (χ2n) is 9.53. The predicted octanol–water partition coefficient (Wildman–Crippen LogP) is 3.00. The molecule has 3 aliphatic heterocycles. The molecule has 0 bridgehead atoms. The summed E-state index contributed by atoms with van der Waals surface area (Å²) in [4.78, 5) is 29.6. The van der Waals surface area contributed by atoms with E-state index in [1.165, 1.54) is 5.56 Å². The summed E-state index contributed by atoms with van der Waals surface area (Å²) in [7, 11) is 0. The number of nitrogens with zero attached hydrogens (tertiary/aromatic N) is 2. The van der Waals surface area contributed by atoms with Gasteiger partial charge in [-0.05, 0) is 69.7 Å². The average molecular weight is 428 g/mol.